The van der Waals surface area contributed by atoms with Crippen molar-refractivity contribution in [3.05, 3.63) is 50.9 Å². The van der Waals surface area contributed by atoms with Gasteiger partial charge in [-0.1, -0.05) is 13.8 Å². The average molecular weight is 380 g/mol. The number of hydrogen-bond acceptors (Lipinski definition) is 3. The van der Waals surface area contributed by atoms with E-state index in [-0.39, 0.29) is 11.6 Å². The second kappa shape index (κ2) is 6.80. The first-order valence-corrected chi connectivity index (χ1v) is 10.2. The van der Waals surface area contributed by atoms with Gasteiger partial charge in [0.1, 0.15) is 11.3 Å². The standard InChI is InChI=1S/C23H29N3O2/c1-7-13(2)18-12-16(5)26-21(18)23(27)25(17-8-9-17)22(24-26)19-10-15(4)20(28-6)11-14(19)3/h10-13,17H,7-9H2,1-6H3. The van der Waals surface area contributed by atoms with Crippen LogP contribution in [0.4, 0.5) is 0 Å². The van der Waals surface area contributed by atoms with Gasteiger partial charge in [-0.05, 0) is 80.8 Å². The smallest absolute Gasteiger partial charge is 0.278 e. The Balaban J connectivity index is 2.06. The van der Waals surface area contributed by atoms with Crippen LogP contribution >= 0.6 is 0 Å². The summed E-state index contributed by atoms with van der Waals surface area (Å²) < 4.78 is 9.27. The summed E-state index contributed by atoms with van der Waals surface area (Å²) in [4.78, 5) is 13.7. The maximum Gasteiger partial charge on any atom is 0.278 e. The van der Waals surface area contributed by atoms with Crippen molar-refractivity contribution >= 4 is 5.52 Å². The molecule has 1 unspecified atom stereocenters. The molecule has 0 spiro atoms. The molecule has 28 heavy (non-hydrogen) atoms. The minimum Gasteiger partial charge on any atom is -0.496 e. The molecule has 1 aliphatic rings. The van der Waals surface area contributed by atoms with E-state index in [1.165, 1.54) is 0 Å². The highest BCUT2D eigenvalue weighted by Crippen LogP contribution is 2.39. The van der Waals surface area contributed by atoms with Gasteiger partial charge < -0.3 is 4.74 Å². The fourth-order valence-corrected chi connectivity index (χ4v) is 4.05. The van der Waals surface area contributed by atoms with Gasteiger partial charge in [-0.3, -0.25) is 9.36 Å². The molecule has 0 radical (unpaired) electrons. The summed E-state index contributed by atoms with van der Waals surface area (Å²) in [6.45, 7) is 10.5. The van der Waals surface area contributed by atoms with Gasteiger partial charge >= 0.3 is 0 Å². The zero-order valence-electron chi connectivity index (χ0n) is 17.7. The predicted molar refractivity (Wildman–Crippen MR) is 113 cm³/mol. The fourth-order valence-electron chi connectivity index (χ4n) is 4.05. The van der Waals surface area contributed by atoms with Crippen LogP contribution in [0.15, 0.2) is 23.0 Å². The maximum atomic E-state index is 13.7. The predicted octanol–water partition coefficient (Wildman–Crippen LogP) is 4.95. The highest BCUT2D eigenvalue weighted by molar-refractivity contribution is 5.66. The van der Waals surface area contributed by atoms with Crippen LogP contribution in [0.2, 0.25) is 0 Å². The number of nitrogens with zero attached hydrogens (tertiary/aromatic N) is 3. The number of aryl methyl sites for hydroxylation is 3. The third-order valence-corrected chi connectivity index (χ3v) is 6.07. The van der Waals surface area contributed by atoms with Gasteiger partial charge in [0.15, 0.2) is 5.82 Å². The summed E-state index contributed by atoms with van der Waals surface area (Å²) in [6, 6.07) is 6.51. The number of rotatable bonds is 5. The number of ether oxygens (including phenoxy) is 1. The average Bonchev–Trinajstić information content (AvgIpc) is 3.45. The molecule has 0 amide bonds. The monoisotopic (exact) mass is 379 g/mol. The van der Waals surface area contributed by atoms with Crippen molar-refractivity contribution in [1.82, 2.24) is 14.2 Å². The number of methoxy groups -OCH3 is 1. The minimum atomic E-state index is 0.0868. The lowest BCUT2D eigenvalue weighted by Crippen LogP contribution is -2.26. The number of hydrogen-bond donors (Lipinski definition) is 0. The summed E-state index contributed by atoms with van der Waals surface area (Å²) in [5, 5.41) is 5.00. The number of aromatic nitrogens is 3. The van der Waals surface area contributed by atoms with Gasteiger partial charge in [0, 0.05) is 17.3 Å². The van der Waals surface area contributed by atoms with Crippen LogP contribution in [0.1, 0.15) is 67.5 Å². The van der Waals surface area contributed by atoms with Crippen LogP contribution in [0.5, 0.6) is 5.75 Å². The van der Waals surface area contributed by atoms with E-state index in [9.17, 15) is 4.79 Å². The molecule has 0 bridgehead atoms. The Hall–Kier alpha value is -2.56. The summed E-state index contributed by atoms with van der Waals surface area (Å²) in [5.74, 6) is 1.96. The zero-order valence-corrected chi connectivity index (χ0v) is 17.7. The molecule has 148 valence electrons. The van der Waals surface area contributed by atoms with E-state index in [0.717, 1.165) is 64.3 Å². The van der Waals surface area contributed by atoms with Gasteiger partial charge in [0.25, 0.3) is 5.56 Å². The first kappa shape index (κ1) is 18.8. The van der Waals surface area contributed by atoms with E-state index >= 15 is 0 Å². The van der Waals surface area contributed by atoms with Crippen LogP contribution in [0, 0.1) is 20.8 Å². The van der Waals surface area contributed by atoms with Gasteiger partial charge in [0.2, 0.25) is 0 Å². The third-order valence-electron chi connectivity index (χ3n) is 6.07. The zero-order chi connectivity index (χ0) is 20.2. The van der Waals surface area contributed by atoms with Crippen molar-refractivity contribution in [2.45, 2.75) is 65.8 Å². The normalized spacial score (nSPS) is 15.2. The van der Waals surface area contributed by atoms with Crippen LogP contribution in [-0.2, 0) is 0 Å². The van der Waals surface area contributed by atoms with Crippen molar-refractivity contribution in [1.29, 1.82) is 0 Å². The molecule has 1 aromatic carbocycles. The largest absolute Gasteiger partial charge is 0.496 e. The molecule has 5 nitrogen and oxygen atoms in total. The van der Waals surface area contributed by atoms with E-state index < -0.39 is 0 Å². The molecule has 1 atom stereocenters. The lowest BCUT2D eigenvalue weighted by molar-refractivity contribution is 0.411. The summed E-state index contributed by atoms with van der Waals surface area (Å²) >= 11 is 0. The first-order valence-electron chi connectivity index (χ1n) is 10.2. The molecule has 2 heterocycles. The summed E-state index contributed by atoms with van der Waals surface area (Å²) in [5.41, 5.74) is 6.06. The van der Waals surface area contributed by atoms with Gasteiger partial charge in [0.05, 0.1) is 7.11 Å². The van der Waals surface area contributed by atoms with E-state index in [4.69, 9.17) is 9.84 Å². The van der Waals surface area contributed by atoms with Crippen LogP contribution in [0.3, 0.4) is 0 Å². The number of fused-ring (bicyclic) bond motifs is 1. The lowest BCUT2D eigenvalue weighted by atomic mass is 10.00. The molecular weight excluding hydrogens is 350 g/mol. The maximum absolute atomic E-state index is 13.7. The Morgan fingerprint density at radius 2 is 1.89 bits per heavy atom. The Bertz CT molecular complexity index is 1120. The van der Waals surface area contributed by atoms with Crippen molar-refractivity contribution < 1.29 is 4.74 Å². The Kier molecular flexibility index (Phi) is 4.56. The molecule has 0 saturated heterocycles. The van der Waals surface area contributed by atoms with Crippen molar-refractivity contribution in [3.63, 3.8) is 0 Å². The highest BCUT2D eigenvalue weighted by atomic mass is 16.5. The Labute approximate surface area is 166 Å². The van der Waals surface area contributed by atoms with Crippen molar-refractivity contribution in [2.75, 3.05) is 7.11 Å². The van der Waals surface area contributed by atoms with Crippen LogP contribution in [-0.4, -0.2) is 21.3 Å². The highest BCUT2D eigenvalue weighted by Gasteiger charge is 2.31. The van der Waals surface area contributed by atoms with Gasteiger partial charge in [-0.25, -0.2) is 4.52 Å². The Morgan fingerprint density at radius 1 is 1.18 bits per heavy atom. The van der Waals surface area contributed by atoms with Crippen LogP contribution in [0.25, 0.3) is 16.9 Å². The molecular formula is C23H29N3O2. The summed E-state index contributed by atoms with van der Waals surface area (Å²) in [6.07, 6.45) is 3.08. The topological polar surface area (TPSA) is 48.5 Å². The van der Waals surface area contributed by atoms with Crippen molar-refractivity contribution in [2.24, 2.45) is 0 Å². The molecule has 3 aromatic rings. The van der Waals surface area contributed by atoms with E-state index in [1.807, 2.05) is 29.0 Å². The molecule has 4 rings (SSSR count). The molecule has 5 heteroatoms. The molecule has 2 aromatic heterocycles. The van der Waals surface area contributed by atoms with Gasteiger partial charge in [-0.2, -0.15) is 0 Å². The van der Waals surface area contributed by atoms with Gasteiger partial charge in [-0.15, -0.1) is 5.10 Å². The molecule has 0 N–H and O–H groups in total. The second-order valence-electron chi connectivity index (χ2n) is 8.18. The Morgan fingerprint density at radius 3 is 2.50 bits per heavy atom. The van der Waals surface area contributed by atoms with E-state index in [2.05, 4.69) is 32.9 Å². The van der Waals surface area contributed by atoms with Crippen LogP contribution < -0.4 is 10.3 Å². The molecule has 1 aliphatic carbocycles. The van der Waals surface area contributed by atoms with Crippen molar-refractivity contribution in [3.8, 4) is 17.1 Å². The molecule has 1 saturated carbocycles. The SMILES string of the molecule is CCC(C)c1cc(C)n2nc(-c3cc(C)c(OC)cc3C)n(C3CC3)c(=O)c12. The third kappa shape index (κ3) is 2.84. The number of benzene rings is 1. The lowest BCUT2D eigenvalue weighted by Gasteiger charge is -2.17. The first-order chi connectivity index (χ1) is 13.4. The second-order valence-corrected chi connectivity index (χ2v) is 8.18. The quantitative estimate of drug-likeness (QED) is 0.630. The molecule has 1 fully saturated rings. The fraction of sp³-hybridized carbons (Fsp3) is 0.478. The van der Waals surface area contributed by atoms with E-state index in [1.54, 1.807) is 7.11 Å². The molecule has 0 aliphatic heterocycles. The van der Waals surface area contributed by atoms with E-state index in [0.29, 0.717) is 5.92 Å². The minimum absolute atomic E-state index is 0.0868. The summed E-state index contributed by atoms with van der Waals surface area (Å²) in [7, 11) is 1.69.